The monoisotopic (exact) mass is 388 g/mol. The molecule has 0 saturated heterocycles. The number of hydrogen-bond acceptors (Lipinski definition) is 6. The number of anilines is 1. The Hall–Kier alpha value is -3.36. The maximum atomic E-state index is 13.6. The summed E-state index contributed by atoms with van der Waals surface area (Å²) in [6, 6.07) is 8.21. The maximum absolute atomic E-state index is 13.6. The van der Waals surface area contributed by atoms with Gasteiger partial charge in [-0.3, -0.25) is 14.9 Å². The van der Waals surface area contributed by atoms with Crippen molar-refractivity contribution < 1.29 is 28.3 Å². The summed E-state index contributed by atoms with van der Waals surface area (Å²) in [7, 11) is 0. The molecule has 8 nitrogen and oxygen atoms in total. The molecule has 0 unspecified atom stereocenters. The van der Waals surface area contributed by atoms with Gasteiger partial charge in [0.15, 0.2) is 18.1 Å². The van der Waals surface area contributed by atoms with Crippen LogP contribution in [0.3, 0.4) is 0 Å². The molecule has 1 amide bonds. The van der Waals surface area contributed by atoms with Crippen molar-refractivity contribution >= 4 is 17.3 Å². The highest BCUT2D eigenvalue weighted by Crippen LogP contribution is 2.47. The zero-order valence-electron chi connectivity index (χ0n) is 14.8. The summed E-state index contributed by atoms with van der Waals surface area (Å²) in [5, 5.41) is 13.3. The van der Waals surface area contributed by atoms with Gasteiger partial charge in [0.05, 0.1) is 4.92 Å². The van der Waals surface area contributed by atoms with E-state index in [1.165, 1.54) is 6.07 Å². The molecule has 2 aromatic rings. The first-order valence-electron chi connectivity index (χ1n) is 8.83. The molecule has 4 rings (SSSR count). The first-order valence-corrected chi connectivity index (χ1v) is 8.83. The van der Waals surface area contributed by atoms with Gasteiger partial charge in [-0.2, -0.15) is 4.39 Å². The molecule has 0 aromatic heterocycles. The van der Waals surface area contributed by atoms with Gasteiger partial charge in [0.25, 0.3) is 11.7 Å². The molecule has 0 atom stereocenters. The standard InChI is InChI=1S/C19H17FN2O6/c20-14-10-13(4-5-15(14)22(24)25)26-11-18(23)21-12-3-6-16-17(9-12)28-19(27-16)7-1-2-8-19/h3-6,9-10H,1-2,7-8,11H2,(H,21,23). The van der Waals surface area contributed by atoms with Gasteiger partial charge in [-0.1, -0.05) is 0 Å². The van der Waals surface area contributed by atoms with Gasteiger partial charge in [0, 0.05) is 36.7 Å². The molecule has 28 heavy (non-hydrogen) atoms. The van der Waals surface area contributed by atoms with Crippen molar-refractivity contribution in [3.05, 3.63) is 52.3 Å². The van der Waals surface area contributed by atoms with Crippen molar-refractivity contribution in [2.45, 2.75) is 31.5 Å². The lowest BCUT2D eigenvalue weighted by atomic mass is 10.2. The maximum Gasteiger partial charge on any atom is 0.305 e. The number of rotatable bonds is 5. The zero-order chi connectivity index (χ0) is 19.7. The summed E-state index contributed by atoms with van der Waals surface area (Å²) in [4.78, 5) is 21.9. The zero-order valence-corrected chi connectivity index (χ0v) is 14.8. The van der Waals surface area contributed by atoms with Crippen molar-refractivity contribution in [2.24, 2.45) is 0 Å². The van der Waals surface area contributed by atoms with E-state index in [-0.39, 0.29) is 12.4 Å². The second kappa shape index (κ2) is 6.99. The minimum absolute atomic E-state index is 0.0205. The molecule has 1 heterocycles. The van der Waals surface area contributed by atoms with Gasteiger partial charge in [0.2, 0.25) is 5.82 Å². The largest absolute Gasteiger partial charge is 0.484 e. The van der Waals surface area contributed by atoms with Crippen LogP contribution in [0.5, 0.6) is 17.2 Å². The summed E-state index contributed by atoms with van der Waals surface area (Å²) < 4.78 is 30.6. The van der Waals surface area contributed by atoms with Crippen LogP contribution >= 0.6 is 0 Å². The molecule has 1 fully saturated rings. The number of ether oxygens (including phenoxy) is 3. The van der Waals surface area contributed by atoms with Crippen molar-refractivity contribution in [1.29, 1.82) is 0 Å². The molecule has 1 aliphatic carbocycles. The van der Waals surface area contributed by atoms with E-state index in [1.54, 1.807) is 18.2 Å². The van der Waals surface area contributed by atoms with Gasteiger partial charge in [-0.25, -0.2) is 0 Å². The Labute approximate surface area is 159 Å². The van der Waals surface area contributed by atoms with Gasteiger partial charge in [-0.15, -0.1) is 0 Å². The van der Waals surface area contributed by atoms with E-state index < -0.39 is 28.1 Å². The fraction of sp³-hybridized carbons (Fsp3) is 0.316. The Kier molecular flexibility index (Phi) is 4.50. The summed E-state index contributed by atoms with van der Waals surface area (Å²) in [6.07, 6.45) is 3.78. The second-order valence-electron chi connectivity index (χ2n) is 6.69. The van der Waals surface area contributed by atoms with Gasteiger partial charge < -0.3 is 19.5 Å². The number of nitro benzene ring substituents is 1. The van der Waals surface area contributed by atoms with E-state index in [1.807, 2.05) is 0 Å². The lowest BCUT2D eigenvalue weighted by Gasteiger charge is -2.21. The Morgan fingerprint density at radius 2 is 1.93 bits per heavy atom. The lowest BCUT2D eigenvalue weighted by Crippen LogP contribution is -2.34. The first kappa shape index (κ1) is 18.0. The van der Waals surface area contributed by atoms with Crippen LogP contribution in [-0.4, -0.2) is 23.2 Å². The molecule has 1 saturated carbocycles. The third-order valence-electron chi connectivity index (χ3n) is 4.67. The number of nitrogens with one attached hydrogen (secondary N) is 1. The molecular weight excluding hydrogens is 371 g/mol. The fourth-order valence-corrected chi connectivity index (χ4v) is 3.36. The number of hydrogen-bond donors (Lipinski definition) is 1. The quantitative estimate of drug-likeness (QED) is 0.618. The predicted octanol–water partition coefficient (Wildman–Crippen LogP) is 3.79. The van der Waals surface area contributed by atoms with Crippen molar-refractivity contribution in [3.63, 3.8) is 0 Å². The molecule has 2 aromatic carbocycles. The Morgan fingerprint density at radius 3 is 2.64 bits per heavy atom. The van der Waals surface area contributed by atoms with Crippen LogP contribution in [0.2, 0.25) is 0 Å². The van der Waals surface area contributed by atoms with Crippen LogP contribution in [0.4, 0.5) is 15.8 Å². The van der Waals surface area contributed by atoms with Crippen LogP contribution in [0.25, 0.3) is 0 Å². The highest BCUT2D eigenvalue weighted by atomic mass is 19.1. The highest BCUT2D eigenvalue weighted by Gasteiger charge is 2.44. The van der Waals surface area contributed by atoms with E-state index in [4.69, 9.17) is 14.2 Å². The first-order chi connectivity index (χ1) is 13.4. The van der Waals surface area contributed by atoms with Crippen molar-refractivity contribution in [2.75, 3.05) is 11.9 Å². The topological polar surface area (TPSA) is 99.9 Å². The number of carbonyl (C=O) groups is 1. The summed E-state index contributed by atoms with van der Waals surface area (Å²) in [5.41, 5.74) is -0.141. The fourth-order valence-electron chi connectivity index (χ4n) is 3.36. The van der Waals surface area contributed by atoms with Crippen LogP contribution in [0.1, 0.15) is 25.7 Å². The lowest BCUT2D eigenvalue weighted by molar-refractivity contribution is -0.387. The minimum atomic E-state index is -1.03. The van der Waals surface area contributed by atoms with Crippen LogP contribution in [0.15, 0.2) is 36.4 Å². The Morgan fingerprint density at radius 1 is 1.18 bits per heavy atom. The van der Waals surface area contributed by atoms with Crippen LogP contribution < -0.4 is 19.5 Å². The highest BCUT2D eigenvalue weighted by molar-refractivity contribution is 5.92. The van der Waals surface area contributed by atoms with Gasteiger partial charge in [-0.05, 0) is 31.0 Å². The average Bonchev–Trinajstić information content (AvgIpc) is 3.25. The number of halogens is 1. The summed E-state index contributed by atoms with van der Waals surface area (Å²) in [6.45, 7) is -0.379. The second-order valence-corrected chi connectivity index (χ2v) is 6.69. The molecule has 146 valence electrons. The molecule has 1 N–H and O–H groups in total. The number of benzene rings is 2. The van der Waals surface area contributed by atoms with E-state index in [2.05, 4.69) is 5.32 Å². The Bertz CT molecular complexity index is 942. The molecule has 1 spiro atoms. The van der Waals surface area contributed by atoms with E-state index in [0.717, 1.165) is 37.8 Å². The third kappa shape index (κ3) is 3.55. The molecular formula is C19H17FN2O6. The van der Waals surface area contributed by atoms with Crippen LogP contribution in [-0.2, 0) is 4.79 Å². The Balaban J connectivity index is 1.35. The minimum Gasteiger partial charge on any atom is -0.484 e. The third-order valence-corrected chi connectivity index (χ3v) is 4.67. The molecule has 2 aliphatic rings. The SMILES string of the molecule is O=C(COc1ccc([N+](=O)[O-])c(F)c1)Nc1ccc2c(c1)OC1(CCCC1)O2. The molecule has 0 radical (unpaired) electrons. The summed E-state index contributed by atoms with van der Waals surface area (Å²) in [5.74, 6) is -0.816. The molecule has 1 aliphatic heterocycles. The van der Waals surface area contributed by atoms with Crippen molar-refractivity contribution in [1.82, 2.24) is 0 Å². The van der Waals surface area contributed by atoms with E-state index in [0.29, 0.717) is 17.2 Å². The predicted molar refractivity (Wildman–Crippen MR) is 96.1 cm³/mol. The van der Waals surface area contributed by atoms with Gasteiger partial charge >= 0.3 is 5.69 Å². The molecule has 0 bridgehead atoms. The normalized spacial score (nSPS) is 16.2. The van der Waals surface area contributed by atoms with Crippen LogP contribution in [0, 0.1) is 15.9 Å². The average molecular weight is 388 g/mol. The van der Waals surface area contributed by atoms with E-state index >= 15 is 0 Å². The number of carbonyl (C=O) groups excluding carboxylic acids is 1. The van der Waals surface area contributed by atoms with Crippen molar-refractivity contribution in [3.8, 4) is 17.2 Å². The smallest absolute Gasteiger partial charge is 0.305 e. The van der Waals surface area contributed by atoms with E-state index in [9.17, 15) is 19.3 Å². The number of nitro groups is 1. The molecule has 9 heteroatoms. The van der Waals surface area contributed by atoms with Gasteiger partial charge in [0.1, 0.15) is 5.75 Å². The summed E-state index contributed by atoms with van der Waals surface area (Å²) >= 11 is 0. The number of amides is 1. The number of fused-ring (bicyclic) bond motifs is 1. The number of nitrogens with zero attached hydrogens (tertiary/aromatic N) is 1.